The second-order valence-electron chi connectivity index (χ2n) is 9.07. The molecule has 0 aliphatic heterocycles. The van der Waals surface area contributed by atoms with Crippen LogP contribution in [-0.2, 0) is 7.05 Å². The van der Waals surface area contributed by atoms with Crippen LogP contribution in [0, 0.1) is 0 Å². The standard InChI is InChI=1S/C31H20N2/c1-32-25-13-7-6-12-22(25)29-27(32)15-16-28-30(29)24-18-20(19-9-3-2-4-10-19)17-23-21-11-5-8-14-26(21)33(28)31(23)24/h2-18H,1H3. The van der Waals surface area contributed by atoms with Gasteiger partial charge in [-0.3, -0.25) is 0 Å². The van der Waals surface area contributed by atoms with Crippen LogP contribution in [-0.4, -0.2) is 8.97 Å². The Kier molecular flexibility index (Phi) is 3.11. The topological polar surface area (TPSA) is 9.34 Å². The molecule has 2 nitrogen and oxygen atoms in total. The van der Waals surface area contributed by atoms with E-state index in [0.29, 0.717) is 0 Å². The van der Waals surface area contributed by atoms with Crippen LogP contribution < -0.4 is 0 Å². The van der Waals surface area contributed by atoms with Crippen molar-refractivity contribution in [3.63, 3.8) is 0 Å². The van der Waals surface area contributed by atoms with Crippen molar-refractivity contribution in [1.29, 1.82) is 0 Å². The quantitative estimate of drug-likeness (QED) is 0.253. The second-order valence-corrected chi connectivity index (χ2v) is 9.07. The summed E-state index contributed by atoms with van der Waals surface area (Å²) in [5, 5.41) is 8.00. The molecule has 0 radical (unpaired) electrons. The van der Waals surface area contributed by atoms with Crippen LogP contribution in [0.25, 0.3) is 71.0 Å². The molecular weight excluding hydrogens is 400 g/mol. The smallest absolute Gasteiger partial charge is 0.0621 e. The molecule has 2 heteroatoms. The van der Waals surface area contributed by atoms with Crippen molar-refractivity contribution >= 4 is 59.9 Å². The Morgan fingerprint density at radius 2 is 1.09 bits per heavy atom. The Labute approximate surface area is 190 Å². The van der Waals surface area contributed by atoms with Gasteiger partial charge in [-0.05, 0) is 47.5 Å². The highest BCUT2D eigenvalue weighted by Gasteiger charge is 2.22. The number of hydrogen-bond acceptors (Lipinski definition) is 0. The predicted octanol–water partition coefficient (Wildman–Crippen LogP) is 8.15. The number of para-hydroxylation sites is 2. The minimum atomic E-state index is 1.26. The van der Waals surface area contributed by atoms with Gasteiger partial charge in [-0.2, -0.15) is 0 Å². The molecule has 0 spiro atoms. The lowest BCUT2D eigenvalue weighted by Gasteiger charge is -2.05. The maximum atomic E-state index is 2.48. The van der Waals surface area contributed by atoms with Gasteiger partial charge in [0.25, 0.3) is 0 Å². The summed E-state index contributed by atoms with van der Waals surface area (Å²) in [6, 6.07) is 37.7. The van der Waals surface area contributed by atoms with E-state index in [1.807, 2.05) is 0 Å². The first-order chi connectivity index (χ1) is 16.3. The highest BCUT2D eigenvalue weighted by molar-refractivity contribution is 6.33. The van der Waals surface area contributed by atoms with Crippen molar-refractivity contribution in [3.8, 4) is 11.1 Å². The summed E-state index contributed by atoms with van der Waals surface area (Å²) < 4.78 is 4.81. The van der Waals surface area contributed by atoms with Gasteiger partial charge < -0.3 is 8.97 Å². The molecule has 8 rings (SSSR count). The molecular formula is C31H20N2. The normalized spacial score (nSPS) is 12.4. The molecule has 0 amide bonds. The lowest BCUT2D eigenvalue weighted by molar-refractivity contribution is 1.01. The molecule has 0 saturated heterocycles. The van der Waals surface area contributed by atoms with Gasteiger partial charge in [0.1, 0.15) is 0 Å². The van der Waals surface area contributed by atoms with Crippen molar-refractivity contribution in [2.45, 2.75) is 0 Å². The van der Waals surface area contributed by atoms with Crippen LogP contribution in [0.1, 0.15) is 0 Å². The fourth-order valence-electron chi connectivity index (χ4n) is 6.03. The third-order valence-electron chi connectivity index (χ3n) is 7.44. The number of aryl methyl sites for hydroxylation is 1. The molecule has 0 atom stereocenters. The van der Waals surface area contributed by atoms with Crippen molar-refractivity contribution < 1.29 is 0 Å². The molecule has 3 heterocycles. The third kappa shape index (κ3) is 2.04. The third-order valence-corrected chi connectivity index (χ3v) is 7.44. The average molecular weight is 421 g/mol. The summed E-state index contributed by atoms with van der Waals surface area (Å²) >= 11 is 0. The van der Waals surface area contributed by atoms with Crippen LogP contribution in [0.5, 0.6) is 0 Å². The van der Waals surface area contributed by atoms with Gasteiger partial charge >= 0.3 is 0 Å². The molecule has 0 saturated carbocycles. The Morgan fingerprint density at radius 3 is 1.94 bits per heavy atom. The first kappa shape index (κ1) is 17.3. The Morgan fingerprint density at radius 1 is 0.455 bits per heavy atom. The first-order valence-corrected chi connectivity index (χ1v) is 11.4. The zero-order chi connectivity index (χ0) is 21.7. The number of rotatable bonds is 1. The average Bonchev–Trinajstić information content (AvgIpc) is 3.49. The van der Waals surface area contributed by atoms with Crippen molar-refractivity contribution in [1.82, 2.24) is 8.97 Å². The van der Waals surface area contributed by atoms with E-state index in [-0.39, 0.29) is 0 Å². The molecule has 5 aromatic carbocycles. The maximum absolute atomic E-state index is 2.48. The van der Waals surface area contributed by atoms with Gasteiger partial charge in [0.05, 0.1) is 16.6 Å². The van der Waals surface area contributed by atoms with Gasteiger partial charge in [-0.1, -0.05) is 66.7 Å². The van der Waals surface area contributed by atoms with Crippen LogP contribution in [0.15, 0.2) is 103 Å². The van der Waals surface area contributed by atoms with Gasteiger partial charge in [0.2, 0.25) is 0 Å². The van der Waals surface area contributed by atoms with Crippen LogP contribution in [0.4, 0.5) is 0 Å². The summed E-state index contributed by atoms with van der Waals surface area (Å²) in [5.41, 5.74) is 8.96. The van der Waals surface area contributed by atoms with E-state index in [1.54, 1.807) is 0 Å². The van der Waals surface area contributed by atoms with Gasteiger partial charge in [-0.25, -0.2) is 0 Å². The minimum absolute atomic E-state index is 1.26. The van der Waals surface area contributed by atoms with Crippen LogP contribution in [0.2, 0.25) is 0 Å². The van der Waals surface area contributed by atoms with E-state index < -0.39 is 0 Å². The minimum Gasteiger partial charge on any atom is -0.344 e. The molecule has 0 aliphatic rings. The predicted molar refractivity (Wildman–Crippen MR) is 141 cm³/mol. The molecule has 33 heavy (non-hydrogen) atoms. The van der Waals surface area contributed by atoms with E-state index >= 15 is 0 Å². The molecule has 0 N–H and O–H groups in total. The van der Waals surface area contributed by atoms with Gasteiger partial charge in [0, 0.05) is 50.4 Å². The first-order valence-electron chi connectivity index (χ1n) is 11.4. The monoisotopic (exact) mass is 420 g/mol. The lowest BCUT2D eigenvalue weighted by atomic mass is 9.98. The lowest BCUT2D eigenvalue weighted by Crippen LogP contribution is -1.86. The van der Waals surface area contributed by atoms with E-state index in [1.165, 1.54) is 71.0 Å². The Balaban J connectivity index is 1.71. The van der Waals surface area contributed by atoms with Crippen LogP contribution >= 0.6 is 0 Å². The zero-order valence-corrected chi connectivity index (χ0v) is 18.2. The zero-order valence-electron chi connectivity index (χ0n) is 18.2. The van der Waals surface area contributed by atoms with Gasteiger partial charge in [0.15, 0.2) is 0 Å². The number of aromatic nitrogens is 2. The van der Waals surface area contributed by atoms with Crippen molar-refractivity contribution in [2.75, 3.05) is 0 Å². The molecule has 8 aromatic rings. The summed E-state index contributed by atoms with van der Waals surface area (Å²) in [6.45, 7) is 0. The SMILES string of the molecule is Cn1c2ccccc2c2c3c4cc(-c5ccccc5)cc5c6ccccc6n(c3ccc21)c54. The van der Waals surface area contributed by atoms with E-state index in [4.69, 9.17) is 0 Å². The number of benzene rings is 5. The molecule has 0 fully saturated rings. The highest BCUT2D eigenvalue weighted by atomic mass is 14.9. The second kappa shape index (κ2) is 5.93. The molecule has 0 aliphatic carbocycles. The van der Waals surface area contributed by atoms with Crippen molar-refractivity contribution in [2.24, 2.45) is 7.05 Å². The largest absolute Gasteiger partial charge is 0.344 e. The fraction of sp³-hybridized carbons (Fsp3) is 0.0323. The summed E-state index contributed by atoms with van der Waals surface area (Å²) in [7, 11) is 2.18. The molecule has 0 bridgehead atoms. The van der Waals surface area contributed by atoms with Crippen molar-refractivity contribution in [3.05, 3.63) is 103 Å². The highest BCUT2D eigenvalue weighted by Crippen LogP contribution is 2.45. The van der Waals surface area contributed by atoms with E-state index in [9.17, 15) is 0 Å². The number of hydrogen-bond donors (Lipinski definition) is 0. The maximum Gasteiger partial charge on any atom is 0.0621 e. The van der Waals surface area contributed by atoms with E-state index in [0.717, 1.165) is 0 Å². The Bertz CT molecular complexity index is 2020. The molecule has 3 aromatic heterocycles. The fourth-order valence-corrected chi connectivity index (χ4v) is 6.03. The summed E-state index contributed by atoms with van der Waals surface area (Å²) in [4.78, 5) is 0. The number of fused-ring (bicyclic) bond motifs is 10. The molecule has 154 valence electrons. The number of nitrogens with zero attached hydrogens (tertiary/aromatic N) is 2. The van der Waals surface area contributed by atoms with E-state index in [2.05, 4.69) is 119 Å². The van der Waals surface area contributed by atoms with Gasteiger partial charge in [-0.15, -0.1) is 0 Å². The summed E-state index contributed by atoms with van der Waals surface area (Å²) in [5.74, 6) is 0. The van der Waals surface area contributed by atoms with Crippen LogP contribution in [0.3, 0.4) is 0 Å². The molecule has 0 unspecified atom stereocenters. The Hall–Kier alpha value is -4.30. The summed E-state index contributed by atoms with van der Waals surface area (Å²) in [6.07, 6.45) is 0.